The number of carbonyl (C=O) groups excluding carboxylic acids is 2. The van der Waals surface area contributed by atoms with Crippen LogP contribution in [0.5, 0.6) is 5.75 Å². The van der Waals surface area contributed by atoms with E-state index in [0.717, 1.165) is 35.9 Å². The molecular weight excluding hydrogens is 316 g/mol. The lowest BCUT2D eigenvalue weighted by atomic mass is 10.1. The summed E-state index contributed by atoms with van der Waals surface area (Å²) in [5, 5.41) is 2.61. The lowest BCUT2D eigenvalue weighted by Gasteiger charge is -2.08. The van der Waals surface area contributed by atoms with Gasteiger partial charge in [-0.1, -0.05) is 18.2 Å². The zero-order valence-corrected chi connectivity index (χ0v) is 12.9. The Balaban J connectivity index is 1.95. The molecule has 0 bridgehead atoms. The van der Waals surface area contributed by atoms with Crippen LogP contribution < -0.4 is 10.1 Å². The van der Waals surface area contributed by atoms with Crippen LogP contribution in [-0.2, 0) is 11.3 Å². The van der Waals surface area contributed by atoms with E-state index in [1.54, 1.807) is 12.1 Å². The minimum absolute atomic E-state index is 0.0392. The maximum atomic E-state index is 13.1. The van der Waals surface area contributed by atoms with Crippen LogP contribution in [0.4, 0.5) is 8.78 Å². The van der Waals surface area contributed by atoms with Gasteiger partial charge in [0.15, 0.2) is 17.4 Å². The monoisotopic (exact) mass is 331 g/mol. The fraction of sp³-hybridized carbons (Fsp3) is 0.111. The fourth-order valence-corrected chi connectivity index (χ4v) is 1.99. The Bertz CT molecular complexity index is 788. The Morgan fingerprint density at radius 1 is 1.08 bits per heavy atom. The number of benzene rings is 2. The lowest BCUT2D eigenvalue weighted by molar-refractivity contribution is -0.116. The van der Waals surface area contributed by atoms with Crippen molar-refractivity contribution >= 4 is 11.7 Å². The first-order chi connectivity index (χ1) is 11.5. The number of halogens is 2. The highest BCUT2D eigenvalue weighted by Crippen LogP contribution is 2.16. The molecule has 0 aliphatic carbocycles. The molecule has 1 amide bonds. The van der Waals surface area contributed by atoms with E-state index in [1.807, 2.05) is 12.1 Å². The van der Waals surface area contributed by atoms with Gasteiger partial charge >= 0.3 is 0 Å². The van der Waals surface area contributed by atoms with E-state index in [-0.39, 0.29) is 12.1 Å². The normalized spacial score (nSPS) is 10.6. The molecule has 0 spiro atoms. The van der Waals surface area contributed by atoms with Gasteiger partial charge in [-0.15, -0.1) is 0 Å². The second-order valence-electron chi connectivity index (χ2n) is 4.86. The second kappa shape index (κ2) is 8.01. The largest absolute Gasteiger partial charge is 0.496 e. The molecule has 0 radical (unpaired) electrons. The molecule has 0 unspecified atom stereocenters. The maximum absolute atomic E-state index is 13.1. The van der Waals surface area contributed by atoms with Gasteiger partial charge in [0.1, 0.15) is 5.75 Å². The molecule has 0 aliphatic rings. The molecule has 0 saturated heterocycles. The SMILES string of the molecule is COc1ccccc1CNC(=O)/C=C/C(=O)c1ccc(F)c(F)c1. The molecule has 1 N–H and O–H groups in total. The quantitative estimate of drug-likeness (QED) is 0.654. The summed E-state index contributed by atoms with van der Waals surface area (Å²) in [4.78, 5) is 23.6. The van der Waals surface area contributed by atoms with Crippen LogP contribution in [0.15, 0.2) is 54.6 Å². The predicted octanol–water partition coefficient (Wildman–Crippen LogP) is 3.03. The van der Waals surface area contributed by atoms with Crippen molar-refractivity contribution in [3.63, 3.8) is 0 Å². The molecule has 24 heavy (non-hydrogen) atoms. The van der Waals surface area contributed by atoms with Gasteiger partial charge in [0.05, 0.1) is 7.11 Å². The first kappa shape index (κ1) is 17.3. The number of amides is 1. The van der Waals surface area contributed by atoms with Gasteiger partial charge in [0.2, 0.25) is 5.91 Å². The molecule has 4 nitrogen and oxygen atoms in total. The molecule has 2 aromatic carbocycles. The Kier molecular flexibility index (Phi) is 5.78. The number of ether oxygens (including phenoxy) is 1. The van der Waals surface area contributed by atoms with Crippen molar-refractivity contribution in [3.8, 4) is 5.75 Å². The summed E-state index contributed by atoms with van der Waals surface area (Å²) >= 11 is 0. The number of rotatable bonds is 6. The van der Waals surface area contributed by atoms with Crippen molar-refractivity contribution in [2.24, 2.45) is 0 Å². The van der Waals surface area contributed by atoms with Crippen molar-refractivity contribution in [1.29, 1.82) is 0 Å². The van der Waals surface area contributed by atoms with Gasteiger partial charge in [-0.25, -0.2) is 8.78 Å². The third kappa shape index (κ3) is 4.49. The third-order valence-electron chi connectivity index (χ3n) is 3.24. The summed E-state index contributed by atoms with van der Waals surface area (Å²) in [5.41, 5.74) is 0.747. The van der Waals surface area contributed by atoms with Gasteiger partial charge in [0.25, 0.3) is 0 Å². The van der Waals surface area contributed by atoms with Crippen LogP contribution in [0.3, 0.4) is 0 Å². The first-order valence-corrected chi connectivity index (χ1v) is 7.08. The highest BCUT2D eigenvalue weighted by atomic mass is 19.2. The lowest BCUT2D eigenvalue weighted by Crippen LogP contribution is -2.21. The van der Waals surface area contributed by atoms with E-state index in [9.17, 15) is 18.4 Å². The van der Waals surface area contributed by atoms with Gasteiger partial charge in [0, 0.05) is 23.7 Å². The zero-order valence-electron chi connectivity index (χ0n) is 12.9. The molecule has 2 rings (SSSR count). The highest BCUT2D eigenvalue weighted by Gasteiger charge is 2.08. The standard InChI is InChI=1S/C18H15F2NO3/c1-24-17-5-3-2-4-13(17)11-21-18(23)9-8-16(22)12-6-7-14(19)15(20)10-12/h2-10H,11H2,1H3,(H,21,23)/b9-8+. The van der Waals surface area contributed by atoms with Crippen molar-refractivity contribution < 1.29 is 23.1 Å². The highest BCUT2D eigenvalue weighted by molar-refractivity contribution is 6.07. The van der Waals surface area contributed by atoms with E-state index in [4.69, 9.17) is 4.74 Å². The molecule has 6 heteroatoms. The van der Waals surface area contributed by atoms with E-state index in [2.05, 4.69) is 5.32 Å². The van der Waals surface area contributed by atoms with Crippen LogP contribution in [-0.4, -0.2) is 18.8 Å². The van der Waals surface area contributed by atoms with Crippen LogP contribution >= 0.6 is 0 Å². The number of carbonyl (C=O) groups is 2. The van der Waals surface area contributed by atoms with Crippen molar-refractivity contribution in [3.05, 3.63) is 77.4 Å². The molecule has 0 fully saturated rings. The Labute approximate surface area is 137 Å². The summed E-state index contributed by atoms with van der Waals surface area (Å²) in [6.07, 6.45) is 2.04. The smallest absolute Gasteiger partial charge is 0.244 e. The average molecular weight is 331 g/mol. The first-order valence-electron chi connectivity index (χ1n) is 7.08. The molecule has 0 aliphatic heterocycles. The fourth-order valence-electron chi connectivity index (χ4n) is 1.99. The van der Waals surface area contributed by atoms with Crippen LogP contribution in [0.25, 0.3) is 0 Å². The molecule has 2 aromatic rings. The topological polar surface area (TPSA) is 55.4 Å². The minimum Gasteiger partial charge on any atom is -0.496 e. The summed E-state index contributed by atoms with van der Waals surface area (Å²) in [5.74, 6) is -2.60. The van der Waals surface area contributed by atoms with Gasteiger partial charge in [-0.3, -0.25) is 9.59 Å². The van der Waals surface area contributed by atoms with E-state index in [0.29, 0.717) is 5.75 Å². The van der Waals surface area contributed by atoms with Gasteiger partial charge in [-0.05, 0) is 30.3 Å². The van der Waals surface area contributed by atoms with Crippen LogP contribution in [0.1, 0.15) is 15.9 Å². The average Bonchev–Trinajstić information content (AvgIpc) is 2.60. The minimum atomic E-state index is -1.12. The number of methoxy groups -OCH3 is 1. The maximum Gasteiger partial charge on any atom is 0.244 e. The molecule has 124 valence electrons. The van der Waals surface area contributed by atoms with E-state index < -0.39 is 23.3 Å². The zero-order chi connectivity index (χ0) is 17.5. The number of hydrogen-bond acceptors (Lipinski definition) is 3. The summed E-state index contributed by atoms with van der Waals surface area (Å²) in [6.45, 7) is 0.229. The summed E-state index contributed by atoms with van der Waals surface area (Å²) in [7, 11) is 1.53. The van der Waals surface area contributed by atoms with Crippen LogP contribution in [0.2, 0.25) is 0 Å². The van der Waals surface area contributed by atoms with Crippen LogP contribution in [0, 0.1) is 11.6 Å². The summed E-state index contributed by atoms with van der Waals surface area (Å²) < 4.78 is 31.1. The van der Waals surface area contributed by atoms with Gasteiger partial charge < -0.3 is 10.1 Å². The summed E-state index contributed by atoms with van der Waals surface area (Å²) in [6, 6.07) is 9.99. The Morgan fingerprint density at radius 2 is 1.83 bits per heavy atom. The Morgan fingerprint density at radius 3 is 2.54 bits per heavy atom. The van der Waals surface area contributed by atoms with E-state index >= 15 is 0 Å². The predicted molar refractivity (Wildman–Crippen MR) is 84.7 cm³/mol. The second-order valence-corrected chi connectivity index (χ2v) is 4.86. The number of hydrogen-bond donors (Lipinski definition) is 1. The molecule has 0 heterocycles. The number of allylic oxidation sites excluding steroid dienone is 1. The molecular formula is C18H15F2NO3. The molecule has 0 aromatic heterocycles. The van der Waals surface area contributed by atoms with Crippen molar-refractivity contribution in [1.82, 2.24) is 5.32 Å². The third-order valence-corrected chi connectivity index (χ3v) is 3.24. The number of ketones is 1. The Hall–Kier alpha value is -3.02. The molecule has 0 atom stereocenters. The number of nitrogens with one attached hydrogen (secondary N) is 1. The molecule has 0 saturated carbocycles. The van der Waals surface area contributed by atoms with Crippen molar-refractivity contribution in [2.45, 2.75) is 6.54 Å². The van der Waals surface area contributed by atoms with Crippen molar-refractivity contribution in [2.75, 3.05) is 7.11 Å². The van der Waals surface area contributed by atoms with E-state index in [1.165, 1.54) is 7.11 Å². The number of para-hydroxylation sites is 1. The van der Waals surface area contributed by atoms with Gasteiger partial charge in [-0.2, -0.15) is 0 Å².